The molecule has 0 spiro atoms. The number of amides is 1. The van der Waals surface area contributed by atoms with E-state index < -0.39 is 10.1 Å². The molecule has 1 heterocycles. The van der Waals surface area contributed by atoms with Gasteiger partial charge in [0.05, 0.1) is 4.91 Å². The van der Waals surface area contributed by atoms with Crippen molar-refractivity contribution in [1.82, 2.24) is 5.32 Å². The van der Waals surface area contributed by atoms with Crippen LogP contribution in [0.25, 0.3) is 6.08 Å². The molecule has 0 atom stereocenters. The summed E-state index contributed by atoms with van der Waals surface area (Å²) in [5.41, 5.74) is 1.70. The number of benzene rings is 2. The summed E-state index contributed by atoms with van der Waals surface area (Å²) in [5, 5.41) is 2.53. The fourth-order valence-corrected chi connectivity index (χ4v) is 4.05. The van der Waals surface area contributed by atoms with Gasteiger partial charge in [-0.05, 0) is 42.8 Å². The minimum atomic E-state index is -3.88. The summed E-state index contributed by atoms with van der Waals surface area (Å²) < 4.78 is 30.1. The van der Waals surface area contributed by atoms with Gasteiger partial charge in [-0.2, -0.15) is 8.42 Å². The minimum Gasteiger partial charge on any atom is -0.379 e. The largest absolute Gasteiger partial charge is 0.379 e. The fourth-order valence-electron chi connectivity index (χ4n) is 2.07. The van der Waals surface area contributed by atoms with Crippen molar-refractivity contribution in [2.24, 2.45) is 0 Å². The Balaban J connectivity index is 1.77. The number of thiocarbonyl (C=S) groups is 1. The number of rotatable bonds is 4. The van der Waals surface area contributed by atoms with E-state index >= 15 is 0 Å². The molecule has 8 heteroatoms. The number of thioether (sulfide) groups is 1. The van der Waals surface area contributed by atoms with E-state index in [2.05, 4.69) is 5.32 Å². The van der Waals surface area contributed by atoms with E-state index in [1.165, 1.54) is 36.0 Å². The number of aryl methyl sites for hydroxylation is 1. The van der Waals surface area contributed by atoms with Crippen molar-refractivity contribution < 1.29 is 17.4 Å². The summed E-state index contributed by atoms with van der Waals surface area (Å²) in [7, 11) is -3.88. The summed E-state index contributed by atoms with van der Waals surface area (Å²) in [6, 6.07) is 12.8. The zero-order chi connectivity index (χ0) is 18.0. The highest BCUT2D eigenvalue weighted by Crippen LogP contribution is 2.27. The molecule has 2 aromatic carbocycles. The molecule has 1 aliphatic rings. The van der Waals surface area contributed by atoms with E-state index in [0.29, 0.717) is 9.23 Å². The van der Waals surface area contributed by atoms with Crippen LogP contribution in [0.1, 0.15) is 11.1 Å². The van der Waals surface area contributed by atoms with Crippen LogP contribution in [-0.2, 0) is 14.9 Å². The Morgan fingerprint density at radius 3 is 2.28 bits per heavy atom. The quantitative estimate of drug-likeness (QED) is 0.490. The topological polar surface area (TPSA) is 72.5 Å². The van der Waals surface area contributed by atoms with Gasteiger partial charge in [-0.25, -0.2) is 0 Å². The molecule has 128 valence electrons. The molecule has 25 heavy (non-hydrogen) atoms. The van der Waals surface area contributed by atoms with Crippen LogP contribution in [0.15, 0.2) is 58.3 Å². The predicted octanol–water partition coefficient (Wildman–Crippen LogP) is 3.25. The lowest BCUT2D eigenvalue weighted by Crippen LogP contribution is -2.17. The van der Waals surface area contributed by atoms with Crippen LogP contribution in [0.4, 0.5) is 0 Å². The molecule has 0 bridgehead atoms. The van der Waals surface area contributed by atoms with Crippen molar-refractivity contribution in [3.63, 3.8) is 0 Å². The highest BCUT2D eigenvalue weighted by atomic mass is 32.2. The standard InChI is InChI=1S/C17H13NO4S3/c1-11-2-8-14(9-3-11)25(20,21)22-13-6-4-12(5-7-13)10-15-16(19)18-17(23)24-15/h2-10H,1H3,(H,18,19,23)/b15-10-. The van der Waals surface area contributed by atoms with Crippen LogP contribution in [0.3, 0.4) is 0 Å². The van der Waals surface area contributed by atoms with Crippen LogP contribution in [0.5, 0.6) is 5.75 Å². The Labute approximate surface area is 155 Å². The highest BCUT2D eigenvalue weighted by molar-refractivity contribution is 8.26. The lowest BCUT2D eigenvalue weighted by Gasteiger charge is -2.07. The monoisotopic (exact) mass is 391 g/mol. The molecule has 0 unspecified atom stereocenters. The van der Waals surface area contributed by atoms with Crippen LogP contribution >= 0.6 is 24.0 Å². The first-order valence-corrected chi connectivity index (χ1v) is 9.83. The second-order valence-corrected chi connectivity index (χ2v) is 8.54. The van der Waals surface area contributed by atoms with Gasteiger partial charge in [-0.15, -0.1) is 0 Å². The highest BCUT2D eigenvalue weighted by Gasteiger charge is 2.22. The van der Waals surface area contributed by atoms with Gasteiger partial charge in [0.15, 0.2) is 0 Å². The van der Waals surface area contributed by atoms with Crippen LogP contribution < -0.4 is 9.50 Å². The average molecular weight is 391 g/mol. The van der Waals surface area contributed by atoms with E-state index in [1.54, 1.807) is 30.3 Å². The first-order chi connectivity index (χ1) is 11.8. The molecule has 2 aromatic rings. The number of carbonyl (C=O) groups excluding carboxylic acids is 1. The van der Waals surface area contributed by atoms with Gasteiger partial charge in [-0.3, -0.25) is 4.79 Å². The van der Waals surface area contributed by atoms with E-state index in [4.69, 9.17) is 16.4 Å². The average Bonchev–Trinajstić information content (AvgIpc) is 2.87. The Hall–Kier alpha value is -2.16. The van der Waals surface area contributed by atoms with Gasteiger partial charge in [0.1, 0.15) is 15.0 Å². The number of nitrogens with one attached hydrogen (secondary N) is 1. The van der Waals surface area contributed by atoms with Crippen LogP contribution in [0.2, 0.25) is 0 Å². The van der Waals surface area contributed by atoms with E-state index in [0.717, 1.165) is 11.1 Å². The first-order valence-electron chi connectivity index (χ1n) is 7.19. The normalized spacial score (nSPS) is 16.1. The van der Waals surface area contributed by atoms with Crippen molar-refractivity contribution in [1.29, 1.82) is 0 Å². The van der Waals surface area contributed by atoms with E-state index in [1.807, 2.05) is 6.92 Å². The molecule has 1 aliphatic heterocycles. The third-order valence-corrected chi connectivity index (χ3v) is 5.76. The maximum absolute atomic E-state index is 12.3. The summed E-state index contributed by atoms with van der Waals surface area (Å²) in [6.45, 7) is 1.88. The van der Waals surface area contributed by atoms with Crippen molar-refractivity contribution in [2.75, 3.05) is 0 Å². The van der Waals surface area contributed by atoms with Crippen molar-refractivity contribution in [3.05, 3.63) is 64.6 Å². The van der Waals surface area contributed by atoms with Gasteiger partial charge in [0.2, 0.25) is 0 Å². The Morgan fingerprint density at radius 1 is 1.08 bits per heavy atom. The number of hydrogen-bond donors (Lipinski definition) is 1. The maximum Gasteiger partial charge on any atom is 0.339 e. The van der Waals surface area contributed by atoms with Gasteiger partial charge in [-0.1, -0.05) is 53.8 Å². The molecule has 0 saturated carbocycles. The molecule has 1 saturated heterocycles. The molecule has 5 nitrogen and oxygen atoms in total. The predicted molar refractivity (Wildman–Crippen MR) is 102 cm³/mol. The number of hydrogen-bond acceptors (Lipinski definition) is 6. The van der Waals surface area contributed by atoms with Crippen LogP contribution in [0, 0.1) is 6.92 Å². The lowest BCUT2D eigenvalue weighted by atomic mass is 10.2. The van der Waals surface area contributed by atoms with Gasteiger partial charge in [0, 0.05) is 0 Å². The zero-order valence-electron chi connectivity index (χ0n) is 13.1. The molecule has 0 radical (unpaired) electrons. The first kappa shape index (κ1) is 17.7. The molecule has 0 aromatic heterocycles. The molecular weight excluding hydrogens is 378 g/mol. The van der Waals surface area contributed by atoms with Gasteiger partial charge < -0.3 is 9.50 Å². The second kappa shape index (κ2) is 6.99. The molecule has 0 aliphatic carbocycles. The van der Waals surface area contributed by atoms with Crippen LogP contribution in [-0.4, -0.2) is 18.6 Å². The van der Waals surface area contributed by atoms with Gasteiger partial charge >= 0.3 is 10.1 Å². The van der Waals surface area contributed by atoms with E-state index in [9.17, 15) is 13.2 Å². The molecule has 1 amide bonds. The van der Waals surface area contributed by atoms with Crippen molar-refractivity contribution in [2.45, 2.75) is 11.8 Å². The molecular formula is C17H13NO4S3. The molecule has 1 N–H and O–H groups in total. The Bertz CT molecular complexity index is 962. The molecule has 3 rings (SSSR count). The number of carbonyl (C=O) groups is 1. The zero-order valence-corrected chi connectivity index (χ0v) is 15.5. The third-order valence-electron chi connectivity index (χ3n) is 3.34. The fraction of sp³-hybridized carbons (Fsp3) is 0.0588. The summed E-state index contributed by atoms with van der Waals surface area (Å²) in [4.78, 5) is 12.2. The lowest BCUT2D eigenvalue weighted by molar-refractivity contribution is -0.115. The van der Waals surface area contributed by atoms with Crippen molar-refractivity contribution >= 4 is 50.4 Å². The smallest absolute Gasteiger partial charge is 0.339 e. The third kappa shape index (κ3) is 4.28. The Morgan fingerprint density at radius 2 is 1.72 bits per heavy atom. The second-order valence-electron chi connectivity index (χ2n) is 5.27. The van der Waals surface area contributed by atoms with Crippen molar-refractivity contribution in [3.8, 4) is 5.75 Å². The molecule has 1 fully saturated rings. The minimum absolute atomic E-state index is 0.0943. The Kier molecular flexibility index (Phi) is 4.94. The summed E-state index contributed by atoms with van der Waals surface area (Å²) >= 11 is 6.11. The SMILES string of the molecule is Cc1ccc(S(=O)(=O)Oc2ccc(/C=C3\SC(=S)NC3=O)cc2)cc1. The maximum atomic E-state index is 12.3. The van der Waals surface area contributed by atoms with Gasteiger partial charge in [0.25, 0.3) is 5.91 Å². The van der Waals surface area contributed by atoms with E-state index in [-0.39, 0.29) is 16.6 Å². The summed E-state index contributed by atoms with van der Waals surface area (Å²) in [5.74, 6) is -0.0425. The summed E-state index contributed by atoms with van der Waals surface area (Å²) in [6.07, 6.45) is 1.68.